The zero-order valence-electron chi connectivity index (χ0n) is 13.5. The van der Waals surface area contributed by atoms with Gasteiger partial charge >= 0.3 is 0 Å². The van der Waals surface area contributed by atoms with Crippen molar-refractivity contribution in [2.24, 2.45) is 5.41 Å². The van der Waals surface area contributed by atoms with Gasteiger partial charge in [0, 0.05) is 43.7 Å². The van der Waals surface area contributed by atoms with Gasteiger partial charge in [-0.25, -0.2) is 0 Å². The monoisotopic (exact) mass is 288 g/mol. The first-order chi connectivity index (χ1) is 10.1. The molecule has 1 aliphatic heterocycles. The molecular formula is C18H28N2O. The van der Waals surface area contributed by atoms with Gasteiger partial charge in [-0.2, -0.15) is 0 Å². The van der Waals surface area contributed by atoms with Gasteiger partial charge in [0.1, 0.15) is 0 Å². The van der Waals surface area contributed by atoms with Crippen molar-refractivity contribution in [3.05, 3.63) is 35.9 Å². The maximum Gasteiger partial charge on any atom is 0.0655 e. The highest BCUT2D eigenvalue weighted by atomic mass is 16.5. The third-order valence-electron chi connectivity index (χ3n) is 5.36. The molecule has 2 fully saturated rings. The second-order valence-electron chi connectivity index (χ2n) is 6.89. The number of piperazine rings is 1. The van der Waals surface area contributed by atoms with Crippen LogP contribution in [0.1, 0.15) is 38.8 Å². The summed E-state index contributed by atoms with van der Waals surface area (Å²) < 4.78 is 5.91. The highest BCUT2D eigenvalue weighted by molar-refractivity contribution is 5.21. The van der Waals surface area contributed by atoms with E-state index in [-0.39, 0.29) is 5.41 Å². The lowest BCUT2D eigenvalue weighted by molar-refractivity contribution is -0.161. The average molecular weight is 288 g/mol. The summed E-state index contributed by atoms with van der Waals surface area (Å²) in [5, 5.41) is 3.56. The molecule has 1 heterocycles. The molecule has 3 unspecified atom stereocenters. The van der Waals surface area contributed by atoms with Crippen molar-refractivity contribution in [3.63, 3.8) is 0 Å². The van der Waals surface area contributed by atoms with E-state index in [2.05, 4.69) is 61.3 Å². The summed E-state index contributed by atoms with van der Waals surface area (Å²) in [4.78, 5) is 2.71. The van der Waals surface area contributed by atoms with Gasteiger partial charge in [-0.05, 0) is 18.9 Å². The number of nitrogens with zero attached hydrogens (tertiary/aromatic N) is 1. The van der Waals surface area contributed by atoms with Crippen LogP contribution < -0.4 is 5.32 Å². The largest absolute Gasteiger partial charge is 0.378 e. The van der Waals surface area contributed by atoms with E-state index in [1.807, 2.05) is 0 Å². The molecule has 3 atom stereocenters. The molecule has 3 nitrogen and oxygen atoms in total. The quantitative estimate of drug-likeness (QED) is 0.922. The summed E-state index contributed by atoms with van der Waals surface area (Å²) in [5.41, 5.74) is 1.68. The molecule has 1 aromatic rings. The number of rotatable bonds is 4. The standard InChI is InChI=1S/C18H28N2O/c1-4-21-17-12-16(18(17,2)3)20-11-10-19-13-15(20)14-8-6-5-7-9-14/h5-9,15-17,19H,4,10-13H2,1-3H3. The summed E-state index contributed by atoms with van der Waals surface area (Å²) in [6, 6.07) is 12.0. The molecule has 1 aromatic carbocycles. The van der Waals surface area contributed by atoms with Crippen LogP contribution in [0.25, 0.3) is 0 Å². The Balaban J connectivity index is 1.77. The highest BCUT2D eigenvalue weighted by Crippen LogP contribution is 2.48. The summed E-state index contributed by atoms with van der Waals surface area (Å²) >= 11 is 0. The SMILES string of the molecule is CCOC1CC(N2CCNCC2c2ccccc2)C1(C)C. The number of benzene rings is 1. The number of hydrogen-bond acceptors (Lipinski definition) is 3. The van der Waals surface area contributed by atoms with Crippen LogP contribution in [-0.4, -0.2) is 43.3 Å². The Morgan fingerprint density at radius 2 is 2.05 bits per heavy atom. The molecule has 116 valence electrons. The molecule has 3 rings (SSSR count). The third kappa shape index (κ3) is 2.75. The van der Waals surface area contributed by atoms with Crippen LogP contribution in [0.5, 0.6) is 0 Å². The van der Waals surface area contributed by atoms with Crippen molar-refractivity contribution >= 4 is 0 Å². The first-order valence-electron chi connectivity index (χ1n) is 8.27. The molecular weight excluding hydrogens is 260 g/mol. The normalized spacial score (nSPS) is 32.6. The Labute approximate surface area is 128 Å². The smallest absolute Gasteiger partial charge is 0.0655 e. The fraction of sp³-hybridized carbons (Fsp3) is 0.667. The zero-order chi connectivity index (χ0) is 14.9. The van der Waals surface area contributed by atoms with Crippen molar-refractivity contribution in [2.45, 2.75) is 45.4 Å². The van der Waals surface area contributed by atoms with Crippen LogP contribution in [0.2, 0.25) is 0 Å². The first kappa shape index (κ1) is 15.0. The van der Waals surface area contributed by atoms with Crippen molar-refractivity contribution in [1.82, 2.24) is 10.2 Å². The molecule has 1 aliphatic carbocycles. The van der Waals surface area contributed by atoms with E-state index in [4.69, 9.17) is 4.74 Å². The predicted molar refractivity (Wildman–Crippen MR) is 86.4 cm³/mol. The van der Waals surface area contributed by atoms with E-state index in [0.717, 1.165) is 26.2 Å². The van der Waals surface area contributed by atoms with Gasteiger partial charge in [-0.1, -0.05) is 44.2 Å². The molecule has 1 saturated heterocycles. The van der Waals surface area contributed by atoms with Crippen LogP contribution in [0.15, 0.2) is 30.3 Å². The van der Waals surface area contributed by atoms with Crippen molar-refractivity contribution < 1.29 is 4.74 Å². The minimum atomic E-state index is 0.250. The Kier molecular flexibility index (Phi) is 4.34. The average Bonchev–Trinajstić information content (AvgIpc) is 2.52. The van der Waals surface area contributed by atoms with E-state index >= 15 is 0 Å². The molecule has 1 saturated carbocycles. The van der Waals surface area contributed by atoms with Crippen LogP contribution in [0, 0.1) is 5.41 Å². The van der Waals surface area contributed by atoms with Crippen molar-refractivity contribution in [3.8, 4) is 0 Å². The van der Waals surface area contributed by atoms with Crippen molar-refractivity contribution in [2.75, 3.05) is 26.2 Å². The summed E-state index contributed by atoms with van der Waals surface area (Å²) in [6.07, 6.45) is 1.59. The van der Waals surface area contributed by atoms with Gasteiger partial charge in [0.15, 0.2) is 0 Å². The van der Waals surface area contributed by atoms with Crippen LogP contribution in [0.3, 0.4) is 0 Å². The Morgan fingerprint density at radius 1 is 1.29 bits per heavy atom. The molecule has 21 heavy (non-hydrogen) atoms. The third-order valence-corrected chi connectivity index (χ3v) is 5.36. The molecule has 0 radical (unpaired) electrons. The summed E-state index contributed by atoms with van der Waals surface area (Å²) in [7, 11) is 0. The lowest BCUT2D eigenvalue weighted by Gasteiger charge is -2.58. The fourth-order valence-electron chi connectivity index (χ4n) is 3.99. The fourth-order valence-corrected chi connectivity index (χ4v) is 3.99. The highest BCUT2D eigenvalue weighted by Gasteiger charge is 2.52. The molecule has 3 heteroatoms. The van der Waals surface area contributed by atoms with Gasteiger partial charge in [0.25, 0.3) is 0 Å². The van der Waals surface area contributed by atoms with E-state index in [1.54, 1.807) is 0 Å². The number of ether oxygens (including phenoxy) is 1. The van der Waals surface area contributed by atoms with Crippen LogP contribution >= 0.6 is 0 Å². The van der Waals surface area contributed by atoms with Crippen LogP contribution in [-0.2, 0) is 4.74 Å². The minimum Gasteiger partial charge on any atom is -0.378 e. The maximum atomic E-state index is 5.91. The zero-order valence-corrected chi connectivity index (χ0v) is 13.5. The first-order valence-corrected chi connectivity index (χ1v) is 8.27. The van der Waals surface area contributed by atoms with E-state index in [9.17, 15) is 0 Å². The van der Waals surface area contributed by atoms with Gasteiger partial charge in [0.2, 0.25) is 0 Å². The van der Waals surface area contributed by atoms with Crippen molar-refractivity contribution in [1.29, 1.82) is 0 Å². The topological polar surface area (TPSA) is 24.5 Å². The van der Waals surface area contributed by atoms with Gasteiger partial charge < -0.3 is 10.1 Å². The Bertz CT molecular complexity index is 460. The molecule has 0 spiro atoms. The second kappa shape index (κ2) is 6.07. The van der Waals surface area contributed by atoms with E-state index in [1.165, 1.54) is 12.0 Å². The lowest BCUT2D eigenvalue weighted by Crippen LogP contribution is -2.65. The summed E-state index contributed by atoms with van der Waals surface area (Å²) in [6.45, 7) is 10.9. The van der Waals surface area contributed by atoms with Gasteiger partial charge in [-0.3, -0.25) is 4.90 Å². The van der Waals surface area contributed by atoms with Gasteiger partial charge in [0.05, 0.1) is 6.10 Å². The molecule has 0 aromatic heterocycles. The second-order valence-corrected chi connectivity index (χ2v) is 6.89. The minimum absolute atomic E-state index is 0.250. The number of nitrogens with one attached hydrogen (secondary N) is 1. The van der Waals surface area contributed by atoms with E-state index < -0.39 is 0 Å². The van der Waals surface area contributed by atoms with E-state index in [0.29, 0.717) is 18.2 Å². The summed E-state index contributed by atoms with van der Waals surface area (Å²) in [5.74, 6) is 0. The molecule has 1 N–H and O–H groups in total. The molecule has 0 amide bonds. The molecule has 2 aliphatic rings. The van der Waals surface area contributed by atoms with Gasteiger partial charge in [-0.15, -0.1) is 0 Å². The maximum absolute atomic E-state index is 5.91. The Hall–Kier alpha value is -0.900. The lowest BCUT2D eigenvalue weighted by atomic mass is 9.63. The molecule has 0 bridgehead atoms. The Morgan fingerprint density at radius 3 is 2.71 bits per heavy atom. The van der Waals surface area contributed by atoms with Crippen LogP contribution in [0.4, 0.5) is 0 Å². The number of hydrogen-bond donors (Lipinski definition) is 1. The predicted octanol–water partition coefficient (Wildman–Crippen LogP) is 2.84.